The van der Waals surface area contributed by atoms with E-state index in [2.05, 4.69) is 10.5 Å². The summed E-state index contributed by atoms with van der Waals surface area (Å²) in [4.78, 5) is 21.2. The van der Waals surface area contributed by atoms with Gasteiger partial charge in [-0.3, -0.25) is 14.9 Å². The fourth-order valence-corrected chi connectivity index (χ4v) is 1.51. The predicted octanol–water partition coefficient (Wildman–Crippen LogP) is 1.13. The maximum Gasteiger partial charge on any atom is 0.272 e. The zero-order valence-electron chi connectivity index (χ0n) is 8.56. The molecule has 1 heterocycles. The van der Waals surface area contributed by atoms with E-state index in [1.165, 1.54) is 6.07 Å². The van der Waals surface area contributed by atoms with E-state index in [0.29, 0.717) is 16.8 Å². The lowest BCUT2D eigenvalue weighted by molar-refractivity contribution is -0.385. The average molecular weight is 219 g/mol. The minimum atomic E-state index is -0.441. The Kier molecular flexibility index (Phi) is 2.40. The first kappa shape index (κ1) is 10.3. The standard InChI is InChI=1S/C10H9N3O3/c1-6-2-3-7(4-9(6)13(15)16)8-5-10(14)12-11-8/h2-4H,5H2,1H3,(H,12,14). The first-order chi connectivity index (χ1) is 7.58. The molecule has 6 nitrogen and oxygen atoms in total. The van der Waals surface area contributed by atoms with Crippen LogP contribution in [0.25, 0.3) is 0 Å². The molecule has 0 aliphatic carbocycles. The maximum atomic E-state index is 11.0. The number of benzene rings is 1. The van der Waals surface area contributed by atoms with Crippen LogP contribution in [0.15, 0.2) is 23.3 Å². The van der Waals surface area contributed by atoms with Crippen molar-refractivity contribution < 1.29 is 9.72 Å². The number of nitrogens with one attached hydrogen (secondary N) is 1. The van der Waals surface area contributed by atoms with Gasteiger partial charge in [0.2, 0.25) is 5.91 Å². The van der Waals surface area contributed by atoms with Gasteiger partial charge in [0.1, 0.15) is 0 Å². The lowest BCUT2D eigenvalue weighted by Gasteiger charge is -2.01. The quantitative estimate of drug-likeness (QED) is 0.597. The van der Waals surface area contributed by atoms with Crippen molar-refractivity contribution in [3.8, 4) is 0 Å². The summed E-state index contributed by atoms with van der Waals surface area (Å²) < 4.78 is 0. The molecule has 1 aliphatic heterocycles. The third-order valence-corrected chi connectivity index (χ3v) is 2.38. The van der Waals surface area contributed by atoms with Crippen LogP contribution in [0, 0.1) is 17.0 Å². The Labute approximate surface area is 91.1 Å². The minimum absolute atomic E-state index is 0.0412. The van der Waals surface area contributed by atoms with Crippen molar-refractivity contribution in [1.82, 2.24) is 5.43 Å². The molecule has 0 saturated heterocycles. The van der Waals surface area contributed by atoms with E-state index in [9.17, 15) is 14.9 Å². The summed E-state index contributed by atoms with van der Waals surface area (Å²) in [5, 5.41) is 14.5. The zero-order valence-corrected chi connectivity index (χ0v) is 8.56. The van der Waals surface area contributed by atoms with Crippen molar-refractivity contribution in [2.45, 2.75) is 13.3 Å². The maximum absolute atomic E-state index is 11.0. The fourth-order valence-electron chi connectivity index (χ4n) is 1.51. The Morgan fingerprint density at radius 2 is 2.25 bits per heavy atom. The van der Waals surface area contributed by atoms with Crippen LogP contribution in [-0.2, 0) is 4.79 Å². The topological polar surface area (TPSA) is 84.6 Å². The average Bonchev–Trinajstić information content (AvgIpc) is 2.65. The van der Waals surface area contributed by atoms with Crippen molar-refractivity contribution in [3.63, 3.8) is 0 Å². The van der Waals surface area contributed by atoms with Crippen LogP contribution in [0.3, 0.4) is 0 Å². The predicted molar refractivity (Wildman–Crippen MR) is 57.1 cm³/mol. The smallest absolute Gasteiger partial charge is 0.272 e. The van der Waals surface area contributed by atoms with Crippen LogP contribution in [0.1, 0.15) is 17.5 Å². The number of hydrogen-bond acceptors (Lipinski definition) is 4. The van der Waals surface area contributed by atoms with E-state index in [0.717, 1.165) is 0 Å². The normalized spacial score (nSPS) is 14.6. The van der Waals surface area contributed by atoms with E-state index < -0.39 is 4.92 Å². The third-order valence-electron chi connectivity index (χ3n) is 2.38. The monoisotopic (exact) mass is 219 g/mol. The number of nitro groups is 1. The SMILES string of the molecule is Cc1ccc(C2=NNC(=O)C2)cc1[N+](=O)[O-]. The Morgan fingerprint density at radius 3 is 2.81 bits per heavy atom. The van der Waals surface area contributed by atoms with Gasteiger partial charge in [-0.05, 0) is 6.92 Å². The van der Waals surface area contributed by atoms with Gasteiger partial charge in [-0.1, -0.05) is 12.1 Å². The van der Waals surface area contributed by atoms with Crippen LogP contribution in [-0.4, -0.2) is 16.5 Å². The molecule has 2 rings (SSSR count). The van der Waals surface area contributed by atoms with E-state index in [1.54, 1.807) is 19.1 Å². The van der Waals surface area contributed by atoms with Gasteiger partial charge in [-0.25, -0.2) is 5.43 Å². The summed E-state index contributed by atoms with van der Waals surface area (Å²) >= 11 is 0. The Morgan fingerprint density at radius 1 is 1.50 bits per heavy atom. The summed E-state index contributed by atoms with van der Waals surface area (Å²) in [7, 11) is 0. The molecule has 1 amide bonds. The molecular formula is C10H9N3O3. The summed E-state index contributed by atoms with van der Waals surface area (Å²) in [6.07, 6.45) is 0.167. The number of hydrazone groups is 1. The van der Waals surface area contributed by atoms with Crippen LogP contribution in [0.2, 0.25) is 0 Å². The Hall–Kier alpha value is -2.24. The lowest BCUT2D eigenvalue weighted by Crippen LogP contribution is -2.09. The van der Waals surface area contributed by atoms with Crippen LogP contribution in [0.4, 0.5) is 5.69 Å². The largest absolute Gasteiger partial charge is 0.273 e. The van der Waals surface area contributed by atoms with Gasteiger partial charge in [0.05, 0.1) is 17.1 Å². The molecule has 0 aromatic heterocycles. The van der Waals surface area contributed by atoms with Gasteiger partial charge in [-0.2, -0.15) is 5.10 Å². The number of carbonyl (C=O) groups is 1. The molecule has 1 aromatic carbocycles. The minimum Gasteiger partial charge on any atom is -0.273 e. The molecule has 0 radical (unpaired) electrons. The lowest BCUT2D eigenvalue weighted by atomic mass is 10.0. The van der Waals surface area contributed by atoms with E-state index in [-0.39, 0.29) is 18.0 Å². The van der Waals surface area contributed by atoms with Crippen LogP contribution >= 0.6 is 0 Å². The molecule has 0 atom stereocenters. The Balaban J connectivity index is 2.40. The highest BCUT2D eigenvalue weighted by atomic mass is 16.6. The highest BCUT2D eigenvalue weighted by molar-refractivity contribution is 6.13. The summed E-state index contributed by atoms with van der Waals surface area (Å²) in [6.45, 7) is 1.67. The van der Waals surface area contributed by atoms with Crippen molar-refractivity contribution in [2.75, 3.05) is 0 Å². The zero-order chi connectivity index (χ0) is 11.7. The van der Waals surface area contributed by atoms with Crippen LogP contribution in [0.5, 0.6) is 0 Å². The molecule has 1 aromatic rings. The fraction of sp³-hybridized carbons (Fsp3) is 0.200. The highest BCUT2D eigenvalue weighted by Crippen LogP contribution is 2.21. The van der Waals surface area contributed by atoms with Gasteiger partial charge < -0.3 is 0 Å². The van der Waals surface area contributed by atoms with E-state index in [4.69, 9.17) is 0 Å². The second-order valence-corrected chi connectivity index (χ2v) is 3.53. The molecule has 1 aliphatic rings. The molecule has 0 saturated carbocycles. The summed E-state index contributed by atoms with van der Waals surface area (Å²) in [5.74, 6) is -0.196. The number of hydrogen-bond donors (Lipinski definition) is 1. The van der Waals surface area contributed by atoms with Gasteiger partial charge in [0.15, 0.2) is 0 Å². The molecule has 6 heteroatoms. The van der Waals surface area contributed by atoms with Gasteiger partial charge in [0.25, 0.3) is 5.69 Å². The van der Waals surface area contributed by atoms with E-state index in [1.807, 2.05) is 0 Å². The molecule has 0 bridgehead atoms. The summed E-state index contributed by atoms with van der Waals surface area (Å²) in [5.41, 5.74) is 4.08. The second-order valence-electron chi connectivity index (χ2n) is 3.53. The number of amides is 1. The molecule has 0 fully saturated rings. The number of rotatable bonds is 2. The van der Waals surface area contributed by atoms with Gasteiger partial charge >= 0.3 is 0 Å². The molecule has 16 heavy (non-hydrogen) atoms. The van der Waals surface area contributed by atoms with Crippen molar-refractivity contribution in [2.24, 2.45) is 5.10 Å². The highest BCUT2D eigenvalue weighted by Gasteiger charge is 2.19. The van der Waals surface area contributed by atoms with E-state index >= 15 is 0 Å². The molecule has 0 spiro atoms. The van der Waals surface area contributed by atoms with Crippen molar-refractivity contribution >= 4 is 17.3 Å². The molecule has 0 unspecified atom stereocenters. The first-order valence-corrected chi connectivity index (χ1v) is 4.69. The second kappa shape index (κ2) is 3.73. The number of carbonyl (C=O) groups excluding carboxylic acids is 1. The summed E-state index contributed by atoms with van der Waals surface area (Å²) in [6, 6.07) is 4.81. The number of nitro benzene ring substituents is 1. The van der Waals surface area contributed by atoms with Crippen LogP contribution < -0.4 is 5.43 Å². The molecular weight excluding hydrogens is 210 g/mol. The first-order valence-electron chi connectivity index (χ1n) is 4.69. The van der Waals surface area contributed by atoms with Gasteiger partial charge in [-0.15, -0.1) is 0 Å². The van der Waals surface area contributed by atoms with Gasteiger partial charge in [0, 0.05) is 17.2 Å². The molecule has 1 N–H and O–H groups in total. The van der Waals surface area contributed by atoms with Crippen molar-refractivity contribution in [3.05, 3.63) is 39.4 Å². The number of aryl methyl sites for hydroxylation is 1. The number of nitrogens with zero attached hydrogens (tertiary/aromatic N) is 2. The van der Waals surface area contributed by atoms with Crippen molar-refractivity contribution in [1.29, 1.82) is 0 Å². The third kappa shape index (κ3) is 1.77. The molecule has 82 valence electrons. The Bertz CT molecular complexity index is 508.